The maximum absolute atomic E-state index is 12.0. The molecule has 0 radical (unpaired) electrons. The van der Waals surface area contributed by atoms with E-state index in [1.807, 2.05) is 29.0 Å². The Morgan fingerprint density at radius 2 is 2.28 bits per heavy atom. The minimum Gasteiger partial charge on any atom is -0.468 e. The molecule has 0 aliphatic heterocycles. The van der Waals surface area contributed by atoms with Gasteiger partial charge in [-0.1, -0.05) is 0 Å². The monoisotopic (exact) mass is 266 g/mol. The Morgan fingerprint density at radius 3 is 2.94 bits per heavy atom. The fourth-order valence-electron chi connectivity index (χ4n) is 1.82. The van der Waals surface area contributed by atoms with Crippen molar-refractivity contribution in [1.29, 1.82) is 0 Å². The van der Waals surface area contributed by atoms with Crippen LogP contribution in [-0.4, -0.2) is 30.1 Å². The summed E-state index contributed by atoms with van der Waals surface area (Å²) in [5.41, 5.74) is 1.62. The van der Waals surface area contributed by atoms with Crippen molar-refractivity contribution in [3.8, 4) is 0 Å². The number of carbonyl (C=O) groups excluding carboxylic acids is 2. The zero-order valence-corrected chi connectivity index (χ0v) is 11.0. The lowest BCUT2D eigenvalue weighted by atomic mass is 10.4. The van der Waals surface area contributed by atoms with Gasteiger partial charge in [-0.2, -0.15) is 0 Å². The second-order valence-electron chi connectivity index (χ2n) is 3.70. The minimum atomic E-state index is -0.459. The normalized spacial score (nSPS) is 10.6. The molecule has 2 aromatic rings. The topological polar surface area (TPSA) is 60.3 Å². The molecule has 18 heavy (non-hydrogen) atoms. The molecule has 0 saturated heterocycles. The number of aryl methyl sites for hydroxylation is 1. The molecule has 1 amide bonds. The van der Waals surface area contributed by atoms with Crippen LogP contribution in [0.3, 0.4) is 0 Å². The standard InChI is InChI=1S/C12H14N2O3S/c1-3-14-8-4-5-18-10(8)6-9(14)12(16)13-7-11(15)17-2/h4-6H,3,7H2,1-2H3,(H,13,16). The first kappa shape index (κ1) is 12.6. The Bertz CT molecular complexity index is 585. The molecule has 0 fully saturated rings. The second-order valence-corrected chi connectivity index (χ2v) is 4.65. The summed E-state index contributed by atoms with van der Waals surface area (Å²) in [6, 6.07) is 3.83. The fraction of sp³-hybridized carbons (Fsp3) is 0.333. The van der Waals surface area contributed by atoms with Crippen LogP contribution in [0.4, 0.5) is 0 Å². The summed E-state index contributed by atoms with van der Waals surface area (Å²) in [6.45, 7) is 2.58. The van der Waals surface area contributed by atoms with Gasteiger partial charge in [0.1, 0.15) is 12.2 Å². The Hall–Kier alpha value is -1.82. The number of hydrogen-bond acceptors (Lipinski definition) is 4. The zero-order chi connectivity index (χ0) is 13.1. The van der Waals surface area contributed by atoms with Crippen molar-refractivity contribution in [3.05, 3.63) is 23.2 Å². The van der Waals surface area contributed by atoms with E-state index in [2.05, 4.69) is 10.1 Å². The molecule has 0 spiro atoms. The highest BCUT2D eigenvalue weighted by molar-refractivity contribution is 7.17. The van der Waals surface area contributed by atoms with Gasteiger partial charge in [0.2, 0.25) is 0 Å². The highest BCUT2D eigenvalue weighted by Gasteiger charge is 2.15. The van der Waals surface area contributed by atoms with Crippen LogP contribution in [0.5, 0.6) is 0 Å². The molecule has 6 heteroatoms. The largest absolute Gasteiger partial charge is 0.468 e. The lowest BCUT2D eigenvalue weighted by Crippen LogP contribution is -2.31. The van der Waals surface area contributed by atoms with Crippen molar-refractivity contribution < 1.29 is 14.3 Å². The summed E-state index contributed by atoms with van der Waals surface area (Å²) in [5, 5.41) is 4.54. The van der Waals surface area contributed by atoms with Crippen LogP contribution in [0.1, 0.15) is 17.4 Å². The Balaban J connectivity index is 2.21. The van der Waals surface area contributed by atoms with Gasteiger partial charge in [0.25, 0.3) is 5.91 Å². The summed E-state index contributed by atoms with van der Waals surface area (Å²) in [4.78, 5) is 23.0. The number of aromatic nitrogens is 1. The molecule has 2 heterocycles. The van der Waals surface area contributed by atoms with E-state index >= 15 is 0 Å². The van der Waals surface area contributed by atoms with Gasteiger partial charge in [-0.25, -0.2) is 0 Å². The predicted molar refractivity (Wildman–Crippen MR) is 69.8 cm³/mol. The van der Waals surface area contributed by atoms with E-state index in [1.54, 1.807) is 11.3 Å². The number of amides is 1. The molecular formula is C12H14N2O3S. The number of ether oxygens (including phenoxy) is 1. The van der Waals surface area contributed by atoms with E-state index in [0.29, 0.717) is 12.2 Å². The van der Waals surface area contributed by atoms with Crippen molar-refractivity contribution in [3.63, 3.8) is 0 Å². The first-order chi connectivity index (χ1) is 8.67. The summed E-state index contributed by atoms with van der Waals surface area (Å²) in [7, 11) is 1.29. The highest BCUT2D eigenvalue weighted by Crippen LogP contribution is 2.25. The third kappa shape index (κ3) is 2.24. The van der Waals surface area contributed by atoms with Crippen molar-refractivity contribution in [2.24, 2.45) is 0 Å². The van der Waals surface area contributed by atoms with E-state index < -0.39 is 5.97 Å². The molecule has 0 aliphatic carbocycles. The summed E-state index contributed by atoms with van der Waals surface area (Å²) < 4.78 is 7.48. The van der Waals surface area contributed by atoms with Gasteiger partial charge in [-0.3, -0.25) is 9.59 Å². The molecule has 0 bridgehead atoms. The van der Waals surface area contributed by atoms with Crippen LogP contribution in [0.15, 0.2) is 17.5 Å². The average molecular weight is 266 g/mol. The minimum absolute atomic E-state index is 0.113. The number of rotatable bonds is 4. The second kappa shape index (κ2) is 5.22. The number of nitrogens with zero attached hydrogens (tertiary/aromatic N) is 1. The van der Waals surface area contributed by atoms with E-state index in [1.165, 1.54) is 7.11 Å². The third-order valence-corrected chi connectivity index (χ3v) is 3.55. The van der Waals surface area contributed by atoms with E-state index in [-0.39, 0.29) is 12.5 Å². The Labute approximate surface area is 108 Å². The van der Waals surface area contributed by atoms with Gasteiger partial charge < -0.3 is 14.6 Å². The third-order valence-electron chi connectivity index (χ3n) is 2.69. The van der Waals surface area contributed by atoms with Crippen LogP contribution in [-0.2, 0) is 16.1 Å². The lowest BCUT2D eigenvalue weighted by molar-refractivity contribution is -0.139. The average Bonchev–Trinajstić information content (AvgIpc) is 2.94. The molecular weight excluding hydrogens is 252 g/mol. The van der Waals surface area contributed by atoms with Crippen molar-refractivity contribution in [2.45, 2.75) is 13.5 Å². The number of hydrogen-bond donors (Lipinski definition) is 1. The Morgan fingerprint density at radius 1 is 1.50 bits per heavy atom. The molecule has 0 atom stereocenters. The number of nitrogens with one attached hydrogen (secondary N) is 1. The van der Waals surface area contributed by atoms with Crippen molar-refractivity contribution in [1.82, 2.24) is 9.88 Å². The molecule has 0 aliphatic rings. The van der Waals surface area contributed by atoms with E-state index in [4.69, 9.17) is 0 Å². The number of carbonyl (C=O) groups is 2. The smallest absolute Gasteiger partial charge is 0.325 e. The molecule has 0 aromatic carbocycles. The number of esters is 1. The van der Waals surface area contributed by atoms with Gasteiger partial charge in [0.15, 0.2) is 0 Å². The predicted octanol–water partition coefficient (Wildman–Crippen LogP) is 1.63. The first-order valence-corrected chi connectivity index (χ1v) is 6.47. The summed E-state index contributed by atoms with van der Waals surface area (Å²) in [6.07, 6.45) is 0. The van der Waals surface area contributed by atoms with Gasteiger partial charge in [0, 0.05) is 6.54 Å². The molecule has 0 saturated carbocycles. The lowest BCUT2D eigenvalue weighted by Gasteiger charge is -2.07. The molecule has 0 unspecified atom stereocenters. The van der Waals surface area contributed by atoms with Crippen molar-refractivity contribution in [2.75, 3.05) is 13.7 Å². The maximum atomic E-state index is 12.0. The van der Waals surface area contributed by atoms with E-state index in [0.717, 1.165) is 10.2 Å². The molecule has 1 N–H and O–H groups in total. The first-order valence-electron chi connectivity index (χ1n) is 5.59. The molecule has 5 nitrogen and oxygen atoms in total. The SMILES string of the molecule is CCn1c(C(=O)NCC(=O)OC)cc2sccc21. The van der Waals surface area contributed by atoms with Crippen LogP contribution in [0.25, 0.3) is 10.2 Å². The summed E-state index contributed by atoms with van der Waals surface area (Å²) in [5.74, 6) is -0.717. The number of methoxy groups -OCH3 is 1. The van der Waals surface area contributed by atoms with Crippen LogP contribution >= 0.6 is 11.3 Å². The van der Waals surface area contributed by atoms with E-state index in [9.17, 15) is 9.59 Å². The van der Waals surface area contributed by atoms with Crippen LogP contribution in [0.2, 0.25) is 0 Å². The van der Waals surface area contributed by atoms with Gasteiger partial charge in [-0.05, 0) is 24.4 Å². The molecule has 96 valence electrons. The maximum Gasteiger partial charge on any atom is 0.325 e. The molecule has 2 aromatic heterocycles. The van der Waals surface area contributed by atoms with Crippen molar-refractivity contribution >= 4 is 33.4 Å². The number of fused-ring (bicyclic) bond motifs is 1. The van der Waals surface area contributed by atoms with Crippen LogP contribution in [0, 0.1) is 0 Å². The number of thiophene rings is 1. The highest BCUT2D eigenvalue weighted by atomic mass is 32.1. The Kier molecular flexibility index (Phi) is 3.66. The van der Waals surface area contributed by atoms with Gasteiger partial charge in [0.05, 0.1) is 17.3 Å². The molecule has 2 rings (SSSR count). The van der Waals surface area contributed by atoms with Gasteiger partial charge >= 0.3 is 5.97 Å². The quantitative estimate of drug-likeness (QED) is 0.856. The summed E-state index contributed by atoms with van der Waals surface area (Å²) >= 11 is 1.59. The zero-order valence-electron chi connectivity index (χ0n) is 10.2. The fourth-order valence-corrected chi connectivity index (χ4v) is 2.64. The van der Waals surface area contributed by atoms with Crippen LogP contribution < -0.4 is 5.32 Å². The van der Waals surface area contributed by atoms with Gasteiger partial charge in [-0.15, -0.1) is 11.3 Å².